The first-order valence-corrected chi connectivity index (χ1v) is 12.4. The van der Waals surface area contributed by atoms with E-state index >= 15 is 0 Å². The van der Waals surface area contributed by atoms with Crippen LogP contribution < -0.4 is 5.32 Å². The Bertz CT molecular complexity index is 1500. The van der Waals surface area contributed by atoms with Crippen LogP contribution in [0.4, 0.5) is 11.4 Å². The number of ether oxygens (including phenoxy) is 1. The number of morpholine rings is 1. The monoisotopic (exact) mass is 490 g/mol. The van der Waals surface area contributed by atoms with Crippen molar-refractivity contribution in [1.82, 2.24) is 14.3 Å². The first-order valence-electron chi connectivity index (χ1n) is 11.0. The van der Waals surface area contributed by atoms with E-state index in [9.17, 15) is 18.3 Å². The van der Waals surface area contributed by atoms with Gasteiger partial charge in [0.15, 0.2) is 0 Å². The number of carboxylic acids is 1. The highest BCUT2D eigenvalue weighted by Gasteiger charge is 2.30. The minimum absolute atomic E-state index is 0.0237. The normalized spacial score (nSPS) is 14.6. The summed E-state index contributed by atoms with van der Waals surface area (Å²) in [7, 11) is -3.95. The largest absolute Gasteiger partial charge is 0.478 e. The first kappa shape index (κ1) is 22.9. The van der Waals surface area contributed by atoms with Crippen molar-refractivity contribution in [2.24, 2.45) is 0 Å². The summed E-state index contributed by atoms with van der Waals surface area (Å²) in [4.78, 5) is 20.4. The minimum Gasteiger partial charge on any atom is -0.478 e. The van der Waals surface area contributed by atoms with Crippen molar-refractivity contribution in [1.29, 1.82) is 0 Å². The van der Waals surface area contributed by atoms with Crippen LogP contribution in [0.3, 0.4) is 0 Å². The Morgan fingerprint density at radius 3 is 2.54 bits per heavy atom. The molecule has 0 atom stereocenters. The van der Waals surface area contributed by atoms with Crippen molar-refractivity contribution < 1.29 is 23.1 Å². The van der Waals surface area contributed by atoms with Gasteiger partial charge in [0.1, 0.15) is 4.90 Å². The van der Waals surface area contributed by atoms with Gasteiger partial charge in [-0.15, -0.1) is 0 Å². The van der Waals surface area contributed by atoms with E-state index in [1.54, 1.807) is 36.7 Å². The molecule has 0 spiro atoms. The van der Waals surface area contributed by atoms with E-state index < -0.39 is 16.0 Å². The Kier molecular flexibility index (Phi) is 6.16. The Labute approximate surface area is 202 Å². The minimum atomic E-state index is -3.95. The summed E-state index contributed by atoms with van der Waals surface area (Å²) < 4.78 is 34.0. The summed E-state index contributed by atoms with van der Waals surface area (Å²) >= 11 is 0. The molecule has 2 aromatic heterocycles. The predicted octanol–water partition coefficient (Wildman–Crippen LogP) is 3.76. The maximum absolute atomic E-state index is 13.7. The summed E-state index contributed by atoms with van der Waals surface area (Å²) in [5, 5.41) is 13.3. The molecule has 2 N–H and O–H groups in total. The van der Waals surface area contributed by atoms with Gasteiger partial charge in [0, 0.05) is 42.6 Å². The number of carboxylic acid groups (broad SMARTS) is 1. The van der Waals surface area contributed by atoms with E-state index in [0.29, 0.717) is 24.1 Å². The number of hydrogen-bond donors (Lipinski definition) is 2. The second kappa shape index (κ2) is 9.41. The van der Waals surface area contributed by atoms with Gasteiger partial charge in [-0.2, -0.15) is 4.31 Å². The van der Waals surface area contributed by atoms with Gasteiger partial charge in [-0.05, 0) is 35.9 Å². The van der Waals surface area contributed by atoms with Crippen LogP contribution >= 0.6 is 0 Å². The molecule has 9 nitrogen and oxygen atoms in total. The predicted molar refractivity (Wildman–Crippen MR) is 131 cm³/mol. The highest BCUT2D eigenvalue weighted by atomic mass is 32.2. The van der Waals surface area contributed by atoms with Crippen LogP contribution in [0, 0.1) is 0 Å². The maximum Gasteiger partial charge on any atom is 0.337 e. The van der Waals surface area contributed by atoms with Gasteiger partial charge in [-0.3, -0.25) is 9.97 Å². The van der Waals surface area contributed by atoms with Crippen molar-refractivity contribution in [2.45, 2.75) is 4.90 Å². The highest BCUT2D eigenvalue weighted by molar-refractivity contribution is 7.89. The SMILES string of the molecule is O=C(O)c1ccccc1Nc1c(S(=O)(=O)N2CCOCC2)cnc2ccc(-c3cccnc3)cc12. The standard InChI is InChI=1S/C25H22N4O5S/c30-25(31)19-5-1-2-6-22(19)28-24-20-14-17(18-4-3-9-26-15-18)7-8-21(20)27-16-23(24)35(32,33)29-10-12-34-13-11-29/h1-9,14-16H,10-13H2,(H,27,28)(H,30,31). The zero-order chi connectivity index (χ0) is 24.4. The fourth-order valence-electron chi connectivity index (χ4n) is 4.05. The van der Waals surface area contributed by atoms with Crippen LogP contribution in [0.15, 0.2) is 78.1 Å². The van der Waals surface area contributed by atoms with Crippen molar-refractivity contribution in [2.75, 3.05) is 31.6 Å². The lowest BCUT2D eigenvalue weighted by molar-refractivity contribution is 0.0698. The number of anilines is 2. The van der Waals surface area contributed by atoms with Crippen LogP contribution in [0.1, 0.15) is 10.4 Å². The quantitative estimate of drug-likeness (QED) is 0.419. The Morgan fingerprint density at radius 2 is 1.80 bits per heavy atom. The third-order valence-corrected chi connectivity index (χ3v) is 7.74. The number of aromatic nitrogens is 2. The number of aromatic carboxylic acids is 1. The maximum atomic E-state index is 13.7. The average Bonchev–Trinajstić information content (AvgIpc) is 2.89. The summed E-state index contributed by atoms with van der Waals surface area (Å²) in [6.07, 6.45) is 4.72. The topological polar surface area (TPSA) is 122 Å². The molecule has 0 aliphatic carbocycles. The number of rotatable bonds is 6. The van der Waals surface area contributed by atoms with Gasteiger partial charge in [-0.25, -0.2) is 13.2 Å². The summed E-state index contributed by atoms with van der Waals surface area (Å²) in [5.41, 5.74) is 2.80. The van der Waals surface area contributed by atoms with E-state index in [4.69, 9.17) is 4.74 Å². The number of nitrogens with zero attached hydrogens (tertiary/aromatic N) is 3. The molecule has 0 saturated carbocycles. The van der Waals surface area contributed by atoms with E-state index in [0.717, 1.165) is 11.1 Å². The van der Waals surface area contributed by atoms with Gasteiger partial charge in [0.2, 0.25) is 10.0 Å². The lowest BCUT2D eigenvalue weighted by atomic mass is 10.0. The molecule has 0 bridgehead atoms. The van der Waals surface area contributed by atoms with Crippen molar-refractivity contribution in [3.63, 3.8) is 0 Å². The molecule has 4 aromatic rings. The Morgan fingerprint density at radius 1 is 1.00 bits per heavy atom. The molecular formula is C25H22N4O5S. The fraction of sp³-hybridized carbons (Fsp3) is 0.160. The summed E-state index contributed by atoms with van der Waals surface area (Å²) in [6.45, 7) is 1.05. The highest BCUT2D eigenvalue weighted by Crippen LogP contribution is 2.36. The second-order valence-corrected chi connectivity index (χ2v) is 9.87. The molecule has 10 heteroatoms. The molecule has 1 saturated heterocycles. The van der Waals surface area contributed by atoms with E-state index in [1.165, 1.54) is 16.6 Å². The van der Waals surface area contributed by atoms with Gasteiger partial charge in [-0.1, -0.05) is 24.3 Å². The number of benzene rings is 2. The third-order valence-electron chi connectivity index (χ3n) is 5.83. The average molecular weight is 491 g/mol. The molecule has 178 valence electrons. The number of pyridine rings is 2. The first-order chi connectivity index (χ1) is 16.9. The van der Waals surface area contributed by atoms with Gasteiger partial charge >= 0.3 is 5.97 Å². The molecule has 0 unspecified atom stereocenters. The molecule has 1 aliphatic heterocycles. The summed E-state index contributed by atoms with van der Waals surface area (Å²) in [6, 6.07) is 15.6. The van der Waals surface area contributed by atoms with Gasteiger partial charge < -0.3 is 15.2 Å². The third kappa shape index (κ3) is 4.46. The molecule has 1 fully saturated rings. The number of sulfonamides is 1. The smallest absolute Gasteiger partial charge is 0.337 e. The molecular weight excluding hydrogens is 468 g/mol. The molecule has 3 heterocycles. The number of fused-ring (bicyclic) bond motifs is 1. The van der Waals surface area contributed by atoms with Crippen LogP contribution in [0.2, 0.25) is 0 Å². The Hall–Kier alpha value is -3.86. The summed E-state index contributed by atoms with van der Waals surface area (Å²) in [5.74, 6) is -1.12. The van der Waals surface area contributed by atoms with Crippen LogP contribution in [-0.4, -0.2) is 60.1 Å². The molecule has 2 aromatic carbocycles. The lowest BCUT2D eigenvalue weighted by Gasteiger charge is -2.27. The van der Waals surface area contributed by atoms with Crippen LogP contribution in [0.5, 0.6) is 0 Å². The zero-order valence-corrected chi connectivity index (χ0v) is 19.4. The van der Waals surface area contributed by atoms with Crippen molar-refractivity contribution >= 4 is 38.3 Å². The van der Waals surface area contributed by atoms with Gasteiger partial charge in [0.25, 0.3) is 0 Å². The second-order valence-electron chi connectivity index (χ2n) is 7.96. The number of hydrogen-bond acceptors (Lipinski definition) is 7. The number of carbonyl (C=O) groups is 1. The van der Waals surface area contributed by atoms with Gasteiger partial charge in [0.05, 0.1) is 35.7 Å². The number of nitrogens with one attached hydrogen (secondary N) is 1. The number of para-hydroxylation sites is 1. The van der Waals surface area contributed by atoms with E-state index in [1.807, 2.05) is 24.3 Å². The molecule has 1 aliphatic rings. The molecule has 0 radical (unpaired) electrons. The van der Waals surface area contributed by atoms with Crippen LogP contribution in [0.25, 0.3) is 22.0 Å². The zero-order valence-electron chi connectivity index (χ0n) is 18.6. The van der Waals surface area contributed by atoms with E-state index in [-0.39, 0.29) is 34.9 Å². The molecule has 35 heavy (non-hydrogen) atoms. The van der Waals surface area contributed by atoms with Crippen molar-refractivity contribution in [3.8, 4) is 11.1 Å². The Balaban J connectivity index is 1.74. The lowest BCUT2D eigenvalue weighted by Crippen LogP contribution is -2.40. The fourth-order valence-corrected chi connectivity index (χ4v) is 5.56. The molecule has 5 rings (SSSR count). The van der Waals surface area contributed by atoms with Crippen molar-refractivity contribution in [3.05, 3.63) is 78.8 Å². The van der Waals surface area contributed by atoms with Crippen LogP contribution in [-0.2, 0) is 14.8 Å². The molecule has 0 amide bonds. The van der Waals surface area contributed by atoms with E-state index in [2.05, 4.69) is 15.3 Å².